The van der Waals surface area contributed by atoms with Crippen LogP contribution in [0, 0.1) is 0 Å². The van der Waals surface area contributed by atoms with E-state index in [4.69, 9.17) is 0 Å². The summed E-state index contributed by atoms with van der Waals surface area (Å²) in [5, 5.41) is 7.55. The maximum absolute atomic E-state index is 2.41. The van der Waals surface area contributed by atoms with Crippen molar-refractivity contribution < 1.29 is 0 Å². The molecule has 0 saturated heterocycles. The Morgan fingerprint density at radius 1 is 0.250 bits per heavy atom. The lowest BCUT2D eigenvalue weighted by molar-refractivity contribution is 1.18. The average Bonchev–Trinajstić information content (AvgIpc) is 3.67. The van der Waals surface area contributed by atoms with Gasteiger partial charge in [0.1, 0.15) is 0 Å². The van der Waals surface area contributed by atoms with Crippen LogP contribution in [0.25, 0.3) is 88.0 Å². The molecule has 0 atom stereocenters. The second kappa shape index (κ2) is 10.6. The van der Waals surface area contributed by atoms with Crippen molar-refractivity contribution in [2.24, 2.45) is 0 Å². The Bertz CT molecular complexity index is 2820. The van der Waals surface area contributed by atoms with Gasteiger partial charge in [0.2, 0.25) is 0 Å². The molecule has 10 rings (SSSR count). The lowest BCUT2D eigenvalue weighted by atomic mass is 9.99. The first-order chi connectivity index (χ1) is 23.8. The maximum Gasteiger partial charge on any atom is 0.0547 e. The Labute approximate surface area is 278 Å². The van der Waals surface area contributed by atoms with Gasteiger partial charge in [0, 0.05) is 32.9 Å². The van der Waals surface area contributed by atoms with Crippen molar-refractivity contribution in [3.63, 3.8) is 0 Å². The fourth-order valence-corrected chi connectivity index (χ4v) is 7.61. The number of benzene rings is 8. The van der Waals surface area contributed by atoms with E-state index in [-0.39, 0.29) is 0 Å². The van der Waals surface area contributed by atoms with Crippen LogP contribution >= 0.6 is 0 Å². The topological polar surface area (TPSA) is 9.86 Å². The molecule has 2 aromatic heterocycles. The van der Waals surface area contributed by atoms with Crippen molar-refractivity contribution >= 4 is 54.4 Å². The highest BCUT2D eigenvalue weighted by Crippen LogP contribution is 2.39. The fraction of sp³-hybridized carbons (Fsp3) is 0. The van der Waals surface area contributed by atoms with E-state index in [1.54, 1.807) is 0 Å². The molecule has 0 N–H and O–H groups in total. The molecular formula is C46H30N2. The Kier molecular flexibility index (Phi) is 5.91. The number of aromatic nitrogens is 2. The van der Waals surface area contributed by atoms with Gasteiger partial charge in [-0.05, 0) is 99.8 Å². The third kappa shape index (κ3) is 4.13. The van der Waals surface area contributed by atoms with Crippen LogP contribution in [-0.4, -0.2) is 9.13 Å². The van der Waals surface area contributed by atoms with Crippen LogP contribution in [-0.2, 0) is 0 Å². The van der Waals surface area contributed by atoms with E-state index in [2.05, 4.69) is 191 Å². The molecule has 224 valence electrons. The van der Waals surface area contributed by atoms with Crippen LogP contribution in [0.1, 0.15) is 0 Å². The smallest absolute Gasteiger partial charge is 0.0547 e. The van der Waals surface area contributed by atoms with Crippen LogP contribution in [0.15, 0.2) is 182 Å². The molecule has 0 unspecified atom stereocenters. The number of rotatable bonds is 4. The molecule has 0 saturated carbocycles. The zero-order chi connectivity index (χ0) is 31.6. The molecule has 0 amide bonds. The zero-order valence-corrected chi connectivity index (χ0v) is 26.2. The van der Waals surface area contributed by atoms with Gasteiger partial charge in [-0.2, -0.15) is 0 Å². The van der Waals surface area contributed by atoms with Gasteiger partial charge in [-0.25, -0.2) is 0 Å². The van der Waals surface area contributed by atoms with Gasteiger partial charge in [0.15, 0.2) is 0 Å². The number of fused-ring (bicyclic) bond motifs is 7. The largest absolute Gasteiger partial charge is 0.309 e. The quantitative estimate of drug-likeness (QED) is 0.188. The molecule has 0 bridgehead atoms. The molecule has 0 radical (unpaired) electrons. The summed E-state index contributed by atoms with van der Waals surface area (Å²) in [5.74, 6) is 0. The van der Waals surface area contributed by atoms with Crippen molar-refractivity contribution in [2.45, 2.75) is 0 Å². The Balaban J connectivity index is 1.17. The second-order valence-electron chi connectivity index (χ2n) is 12.6. The van der Waals surface area contributed by atoms with Crippen LogP contribution in [0.3, 0.4) is 0 Å². The first-order valence-electron chi connectivity index (χ1n) is 16.5. The van der Waals surface area contributed by atoms with E-state index in [9.17, 15) is 0 Å². The summed E-state index contributed by atoms with van der Waals surface area (Å²) < 4.78 is 4.79. The zero-order valence-electron chi connectivity index (χ0n) is 26.2. The standard InChI is InChI=1S/C46H30N2/c1-3-13-37(14-4-1)47-43-18-10-9-17-39(43)41-28-34(22-25-44(41)47)35-23-26-45-42(29-35)40-24-21-36(30-46(40)48(45)38-15-5-2-6-16-38)33-20-19-31-11-7-8-12-32(31)27-33/h1-30H. The number of hydrogen-bond acceptors (Lipinski definition) is 0. The molecule has 0 aliphatic rings. The van der Waals surface area contributed by atoms with Gasteiger partial charge in [-0.15, -0.1) is 0 Å². The molecule has 8 aromatic carbocycles. The van der Waals surface area contributed by atoms with Crippen LogP contribution in [0.4, 0.5) is 0 Å². The van der Waals surface area contributed by atoms with E-state index >= 15 is 0 Å². The van der Waals surface area contributed by atoms with E-state index in [1.807, 2.05) is 0 Å². The molecule has 0 spiro atoms. The van der Waals surface area contributed by atoms with Gasteiger partial charge in [0.25, 0.3) is 0 Å². The SMILES string of the molecule is c1ccc(-n2c3ccccc3c3cc(-c4ccc5c(c4)c4ccc(-c6ccc7ccccc7c6)cc4n5-c4ccccc4)ccc32)cc1. The lowest BCUT2D eigenvalue weighted by Gasteiger charge is -2.10. The minimum Gasteiger partial charge on any atom is -0.309 e. The fourth-order valence-electron chi connectivity index (χ4n) is 7.61. The summed E-state index contributed by atoms with van der Waals surface area (Å²) in [4.78, 5) is 0. The molecule has 0 aliphatic carbocycles. The van der Waals surface area contributed by atoms with Crippen molar-refractivity contribution in [3.8, 4) is 33.6 Å². The molecule has 0 fully saturated rings. The van der Waals surface area contributed by atoms with Crippen molar-refractivity contribution in [2.75, 3.05) is 0 Å². The summed E-state index contributed by atoms with van der Waals surface area (Å²) >= 11 is 0. The molecule has 2 heterocycles. The molecule has 10 aromatic rings. The Morgan fingerprint density at radius 3 is 1.40 bits per heavy atom. The maximum atomic E-state index is 2.41. The van der Waals surface area contributed by atoms with Gasteiger partial charge in [-0.3, -0.25) is 0 Å². The first kappa shape index (κ1) is 26.8. The predicted molar refractivity (Wildman–Crippen MR) is 203 cm³/mol. The van der Waals surface area contributed by atoms with Crippen LogP contribution < -0.4 is 0 Å². The summed E-state index contributed by atoms with van der Waals surface area (Å²) in [6.07, 6.45) is 0. The van der Waals surface area contributed by atoms with Gasteiger partial charge in [-0.1, -0.05) is 115 Å². The summed E-state index contributed by atoms with van der Waals surface area (Å²) in [6.45, 7) is 0. The highest BCUT2D eigenvalue weighted by atomic mass is 15.0. The predicted octanol–water partition coefficient (Wildman–Crippen LogP) is 12.4. The van der Waals surface area contributed by atoms with E-state index in [0.29, 0.717) is 0 Å². The van der Waals surface area contributed by atoms with Gasteiger partial charge < -0.3 is 9.13 Å². The lowest BCUT2D eigenvalue weighted by Crippen LogP contribution is -1.93. The van der Waals surface area contributed by atoms with E-state index in [1.165, 1.54) is 82.3 Å². The Morgan fingerprint density at radius 2 is 0.708 bits per heavy atom. The summed E-state index contributed by atoms with van der Waals surface area (Å²) in [6, 6.07) is 66.3. The highest BCUT2D eigenvalue weighted by molar-refractivity contribution is 6.13. The van der Waals surface area contributed by atoms with Gasteiger partial charge >= 0.3 is 0 Å². The molecule has 2 nitrogen and oxygen atoms in total. The molecule has 48 heavy (non-hydrogen) atoms. The first-order valence-corrected chi connectivity index (χ1v) is 16.5. The van der Waals surface area contributed by atoms with E-state index < -0.39 is 0 Å². The number of para-hydroxylation sites is 3. The highest BCUT2D eigenvalue weighted by Gasteiger charge is 2.17. The summed E-state index contributed by atoms with van der Waals surface area (Å²) in [5.41, 5.74) is 12.1. The third-order valence-electron chi connectivity index (χ3n) is 9.88. The molecule has 0 aliphatic heterocycles. The number of hydrogen-bond donors (Lipinski definition) is 0. The van der Waals surface area contributed by atoms with Crippen LogP contribution in [0.5, 0.6) is 0 Å². The van der Waals surface area contributed by atoms with Crippen LogP contribution in [0.2, 0.25) is 0 Å². The monoisotopic (exact) mass is 610 g/mol. The minimum absolute atomic E-state index is 1.16. The summed E-state index contributed by atoms with van der Waals surface area (Å²) in [7, 11) is 0. The third-order valence-corrected chi connectivity index (χ3v) is 9.88. The van der Waals surface area contributed by atoms with E-state index in [0.717, 1.165) is 5.69 Å². The minimum atomic E-state index is 1.16. The number of nitrogens with zero attached hydrogens (tertiary/aromatic N) is 2. The second-order valence-corrected chi connectivity index (χ2v) is 12.6. The van der Waals surface area contributed by atoms with Gasteiger partial charge in [0.05, 0.1) is 22.1 Å². The molecule has 2 heteroatoms. The molecular weight excluding hydrogens is 581 g/mol. The van der Waals surface area contributed by atoms with Crippen molar-refractivity contribution in [1.82, 2.24) is 9.13 Å². The Hall–Kier alpha value is -6.38. The van der Waals surface area contributed by atoms with Crippen molar-refractivity contribution in [1.29, 1.82) is 0 Å². The normalized spacial score (nSPS) is 11.8. The van der Waals surface area contributed by atoms with Crippen molar-refractivity contribution in [3.05, 3.63) is 182 Å². The average molecular weight is 611 g/mol.